The van der Waals surface area contributed by atoms with Crippen LogP contribution in [0.15, 0.2) is 48.5 Å². The predicted molar refractivity (Wildman–Crippen MR) is 104 cm³/mol. The van der Waals surface area contributed by atoms with E-state index in [-0.39, 0.29) is 11.9 Å². The number of fused-ring (bicyclic) bond motifs is 1. The first kappa shape index (κ1) is 18.0. The molecule has 0 aliphatic carbocycles. The van der Waals surface area contributed by atoms with Crippen LogP contribution in [0.2, 0.25) is 0 Å². The minimum Gasteiger partial charge on any atom is -0.496 e. The molecule has 3 atom stereocenters. The fraction of sp³-hybridized carbons (Fsp3) is 0.409. The van der Waals surface area contributed by atoms with Crippen LogP contribution in [0, 0.1) is 5.92 Å². The number of hydroxylamine groups is 2. The first-order chi connectivity index (χ1) is 13.1. The molecule has 5 heteroatoms. The fourth-order valence-electron chi connectivity index (χ4n) is 4.43. The molecule has 0 unspecified atom stereocenters. The Bertz CT molecular complexity index is 838. The van der Waals surface area contributed by atoms with Crippen LogP contribution in [-0.4, -0.2) is 49.2 Å². The third-order valence-corrected chi connectivity index (χ3v) is 5.87. The van der Waals surface area contributed by atoms with Crippen molar-refractivity contribution in [3.8, 4) is 16.9 Å². The van der Waals surface area contributed by atoms with E-state index in [2.05, 4.69) is 30.3 Å². The summed E-state index contributed by atoms with van der Waals surface area (Å²) in [5, 5.41) is 1.97. The van der Waals surface area contributed by atoms with Gasteiger partial charge in [0.15, 0.2) is 0 Å². The van der Waals surface area contributed by atoms with Crippen LogP contribution in [-0.2, 0) is 9.63 Å². The number of benzene rings is 2. The fourth-order valence-corrected chi connectivity index (χ4v) is 4.43. The molecular formula is C22H26N2O3. The second-order valence-corrected chi connectivity index (χ2v) is 7.42. The summed E-state index contributed by atoms with van der Waals surface area (Å²) in [7, 11) is 3.69. The van der Waals surface area contributed by atoms with Gasteiger partial charge in [0.05, 0.1) is 19.8 Å². The van der Waals surface area contributed by atoms with E-state index in [0.717, 1.165) is 35.4 Å². The molecule has 2 heterocycles. The first-order valence-electron chi connectivity index (χ1n) is 9.44. The van der Waals surface area contributed by atoms with Crippen molar-refractivity contribution in [2.45, 2.75) is 25.4 Å². The normalized spacial score (nSPS) is 25.3. The van der Waals surface area contributed by atoms with Crippen LogP contribution in [0.5, 0.6) is 5.75 Å². The molecule has 0 saturated carbocycles. The lowest BCUT2D eigenvalue weighted by molar-refractivity contribution is -0.137. The molecule has 2 aliphatic heterocycles. The highest BCUT2D eigenvalue weighted by Crippen LogP contribution is 2.40. The van der Waals surface area contributed by atoms with Gasteiger partial charge in [-0.15, -0.1) is 0 Å². The minimum atomic E-state index is 0.0579. The maximum absolute atomic E-state index is 12.4. The standard InChI is InChI=1S/C22H26N2O3/c1-15(25)24-13-18-14-27-23(2)20(18)12-21(24)17-8-6-7-16(11-17)19-9-4-5-10-22(19)26-3/h4-11,18,20-21H,12-14H2,1-3H3/t18-,20-,21-/m0/s1. The smallest absolute Gasteiger partial charge is 0.219 e. The SMILES string of the molecule is COc1ccccc1-c1cccc([C@@H]2C[C@H]3[C@H](CON3C)CN2C(C)=O)c1. The van der Waals surface area contributed by atoms with Gasteiger partial charge in [0.1, 0.15) is 5.75 Å². The Morgan fingerprint density at radius 2 is 2.00 bits per heavy atom. The minimum absolute atomic E-state index is 0.0579. The third kappa shape index (κ3) is 3.33. The number of rotatable bonds is 3. The third-order valence-electron chi connectivity index (χ3n) is 5.87. The van der Waals surface area contributed by atoms with E-state index in [1.807, 2.05) is 35.2 Å². The number of carbonyl (C=O) groups excluding carboxylic acids is 1. The molecule has 2 aromatic carbocycles. The summed E-state index contributed by atoms with van der Waals surface area (Å²) in [6.45, 7) is 3.10. The van der Waals surface area contributed by atoms with E-state index in [0.29, 0.717) is 18.6 Å². The van der Waals surface area contributed by atoms with Gasteiger partial charge in [-0.05, 0) is 29.7 Å². The molecule has 2 fully saturated rings. The van der Waals surface area contributed by atoms with E-state index in [1.165, 1.54) is 0 Å². The summed E-state index contributed by atoms with van der Waals surface area (Å²) in [5.74, 6) is 1.36. The maximum atomic E-state index is 12.4. The highest BCUT2D eigenvalue weighted by molar-refractivity contribution is 5.75. The number of carbonyl (C=O) groups is 1. The molecular weight excluding hydrogens is 340 g/mol. The Morgan fingerprint density at radius 3 is 2.78 bits per heavy atom. The average molecular weight is 366 g/mol. The molecule has 2 aliphatic rings. The van der Waals surface area contributed by atoms with Crippen molar-refractivity contribution < 1.29 is 14.4 Å². The molecule has 0 radical (unpaired) electrons. The van der Waals surface area contributed by atoms with Gasteiger partial charge in [-0.1, -0.05) is 36.4 Å². The van der Waals surface area contributed by atoms with Crippen LogP contribution in [0.1, 0.15) is 24.9 Å². The van der Waals surface area contributed by atoms with E-state index in [1.54, 1.807) is 14.0 Å². The number of amides is 1. The van der Waals surface area contributed by atoms with Crippen LogP contribution in [0.4, 0.5) is 0 Å². The predicted octanol–water partition coefficient (Wildman–Crippen LogP) is 3.52. The van der Waals surface area contributed by atoms with Gasteiger partial charge in [0.25, 0.3) is 0 Å². The van der Waals surface area contributed by atoms with Crippen molar-refractivity contribution in [2.75, 3.05) is 27.3 Å². The summed E-state index contributed by atoms with van der Waals surface area (Å²) in [6, 6.07) is 16.9. The lowest BCUT2D eigenvalue weighted by Gasteiger charge is -2.42. The van der Waals surface area contributed by atoms with Crippen molar-refractivity contribution in [1.29, 1.82) is 0 Å². The quantitative estimate of drug-likeness (QED) is 0.834. The molecule has 0 aromatic heterocycles. The lowest BCUT2D eigenvalue weighted by atomic mass is 9.85. The molecule has 4 rings (SSSR count). The average Bonchev–Trinajstić information content (AvgIpc) is 3.07. The Hall–Kier alpha value is -2.37. The van der Waals surface area contributed by atoms with Gasteiger partial charge in [-0.25, -0.2) is 0 Å². The Balaban J connectivity index is 1.70. The number of hydrogen-bond donors (Lipinski definition) is 0. The molecule has 2 saturated heterocycles. The molecule has 2 aromatic rings. The zero-order valence-corrected chi connectivity index (χ0v) is 16.1. The lowest BCUT2D eigenvalue weighted by Crippen LogP contribution is -2.48. The van der Waals surface area contributed by atoms with Gasteiger partial charge < -0.3 is 9.64 Å². The van der Waals surface area contributed by atoms with E-state index >= 15 is 0 Å². The zero-order valence-electron chi connectivity index (χ0n) is 16.1. The van der Waals surface area contributed by atoms with Crippen molar-refractivity contribution in [3.05, 3.63) is 54.1 Å². The molecule has 0 N–H and O–H groups in total. The molecule has 0 spiro atoms. The molecule has 1 amide bonds. The number of nitrogens with zero attached hydrogens (tertiary/aromatic N) is 2. The Morgan fingerprint density at radius 1 is 1.19 bits per heavy atom. The molecule has 0 bridgehead atoms. The summed E-state index contributed by atoms with van der Waals surface area (Å²) >= 11 is 0. The van der Waals surface area contributed by atoms with Gasteiger partial charge in [0.2, 0.25) is 5.91 Å². The van der Waals surface area contributed by atoms with Crippen molar-refractivity contribution in [1.82, 2.24) is 9.96 Å². The summed E-state index contributed by atoms with van der Waals surface area (Å²) in [6.07, 6.45) is 0.885. The topological polar surface area (TPSA) is 42.0 Å². The van der Waals surface area contributed by atoms with Gasteiger partial charge in [0, 0.05) is 38.0 Å². The highest BCUT2D eigenvalue weighted by atomic mass is 16.7. The number of methoxy groups -OCH3 is 1. The van der Waals surface area contributed by atoms with Gasteiger partial charge >= 0.3 is 0 Å². The van der Waals surface area contributed by atoms with Crippen molar-refractivity contribution in [2.24, 2.45) is 5.92 Å². The molecule has 142 valence electrons. The number of ether oxygens (including phenoxy) is 1. The van der Waals surface area contributed by atoms with Crippen molar-refractivity contribution in [3.63, 3.8) is 0 Å². The largest absolute Gasteiger partial charge is 0.496 e. The van der Waals surface area contributed by atoms with Crippen molar-refractivity contribution >= 4 is 5.91 Å². The number of likely N-dealkylation sites (tertiary alicyclic amines) is 1. The highest BCUT2D eigenvalue weighted by Gasteiger charge is 2.43. The summed E-state index contributed by atoms with van der Waals surface area (Å²) in [5.41, 5.74) is 3.32. The van der Waals surface area contributed by atoms with Gasteiger partial charge in [-0.2, -0.15) is 5.06 Å². The van der Waals surface area contributed by atoms with Gasteiger partial charge in [-0.3, -0.25) is 9.63 Å². The maximum Gasteiger partial charge on any atom is 0.219 e. The summed E-state index contributed by atoms with van der Waals surface area (Å²) < 4.78 is 5.53. The van der Waals surface area contributed by atoms with Crippen LogP contribution < -0.4 is 4.74 Å². The Kier molecular flexibility index (Phi) is 4.89. The first-order valence-corrected chi connectivity index (χ1v) is 9.44. The van der Waals surface area contributed by atoms with E-state index in [9.17, 15) is 4.79 Å². The monoisotopic (exact) mass is 366 g/mol. The number of piperidine rings is 1. The van der Waals surface area contributed by atoms with Crippen LogP contribution in [0.3, 0.4) is 0 Å². The van der Waals surface area contributed by atoms with Crippen LogP contribution >= 0.6 is 0 Å². The summed E-state index contributed by atoms with van der Waals surface area (Å²) in [4.78, 5) is 20.1. The molecule has 27 heavy (non-hydrogen) atoms. The van der Waals surface area contributed by atoms with E-state index < -0.39 is 0 Å². The Labute approximate surface area is 160 Å². The number of hydrogen-bond acceptors (Lipinski definition) is 4. The molecule has 5 nitrogen and oxygen atoms in total. The zero-order chi connectivity index (χ0) is 19.0. The second kappa shape index (κ2) is 7.33. The second-order valence-electron chi connectivity index (χ2n) is 7.42. The van der Waals surface area contributed by atoms with Crippen LogP contribution in [0.25, 0.3) is 11.1 Å². The van der Waals surface area contributed by atoms with E-state index in [4.69, 9.17) is 9.57 Å². The number of para-hydroxylation sites is 1.